The Morgan fingerprint density at radius 2 is 2.07 bits per heavy atom. The monoisotopic (exact) mass is 190 g/mol. The first-order valence-electron chi connectivity index (χ1n) is 5.31. The summed E-state index contributed by atoms with van der Waals surface area (Å²) in [6, 6.07) is 9.96. The second kappa shape index (κ2) is 2.99. The summed E-state index contributed by atoms with van der Waals surface area (Å²) in [6.45, 7) is 0. The van der Waals surface area contributed by atoms with Crippen molar-refractivity contribution in [3.05, 3.63) is 30.3 Å². The van der Waals surface area contributed by atoms with Crippen LogP contribution in [0.2, 0.25) is 0 Å². The first kappa shape index (κ1) is 8.30. The molecule has 1 heterocycles. The maximum atomic E-state index is 5.89. The first-order chi connectivity index (χ1) is 6.89. The number of benzene rings is 1. The molecule has 1 saturated carbocycles. The van der Waals surface area contributed by atoms with Crippen LogP contribution in [0.3, 0.4) is 0 Å². The third-order valence-electron chi connectivity index (χ3n) is 3.05. The SMILES string of the molecule is c1ccc(OC23CCCCC2O3)cc1. The van der Waals surface area contributed by atoms with Crippen molar-refractivity contribution in [3.8, 4) is 5.75 Å². The lowest BCUT2D eigenvalue weighted by atomic mass is 9.98. The zero-order valence-corrected chi connectivity index (χ0v) is 8.11. The maximum Gasteiger partial charge on any atom is 0.237 e. The van der Waals surface area contributed by atoms with E-state index in [-0.39, 0.29) is 5.79 Å². The molecular weight excluding hydrogens is 176 g/mol. The average Bonchev–Trinajstić information content (AvgIpc) is 2.93. The van der Waals surface area contributed by atoms with Crippen LogP contribution in [0.1, 0.15) is 25.7 Å². The second-order valence-electron chi connectivity index (χ2n) is 4.08. The molecule has 14 heavy (non-hydrogen) atoms. The zero-order valence-electron chi connectivity index (χ0n) is 8.11. The smallest absolute Gasteiger partial charge is 0.237 e. The molecule has 1 aliphatic heterocycles. The molecule has 1 aliphatic carbocycles. The minimum Gasteiger partial charge on any atom is -0.460 e. The van der Waals surface area contributed by atoms with Crippen LogP contribution in [0, 0.1) is 0 Å². The minimum absolute atomic E-state index is 0.250. The molecule has 2 atom stereocenters. The number of hydrogen-bond acceptors (Lipinski definition) is 2. The van der Waals surface area contributed by atoms with Gasteiger partial charge in [0.1, 0.15) is 11.9 Å². The molecule has 0 bridgehead atoms. The molecule has 2 unspecified atom stereocenters. The van der Waals surface area contributed by atoms with Gasteiger partial charge in [0.15, 0.2) is 0 Å². The Hall–Kier alpha value is -1.02. The predicted octanol–water partition coefficient (Wildman–Crippen LogP) is 2.73. The van der Waals surface area contributed by atoms with Crippen LogP contribution in [0.25, 0.3) is 0 Å². The highest BCUT2D eigenvalue weighted by Crippen LogP contribution is 2.48. The van der Waals surface area contributed by atoms with Crippen LogP contribution < -0.4 is 4.74 Å². The molecule has 1 aromatic carbocycles. The third-order valence-corrected chi connectivity index (χ3v) is 3.05. The van der Waals surface area contributed by atoms with Gasteiger partial charge in [-0.15, -0.1) is 0 Å². The first-order valence-corrected chi connectivity index (χ1v) is 5.31. The Kier molecular flexibility index (Phi) is 1.77. The number of rotatable bonds is 2. The quantitative estimate of drug-likeness (QED) is 0.669. The van der Waals surface area contributed by atoms with E-state index in [0.717, 1.165) is 18.6 Å². The highest BCUT2D eigenvalue weighted by atomic mass is 16.8. The van der Waals surface area contributed by atoms with Crippen molar-refractivity contribution in [3.63, 3.8) is 0 Å². The normalized spacial score (nSPS) is 34.7. The number of epoxide rings is 1. The Morgan fingerprint density at radius 3 is 2.86 bits per heavy atom. The average molecular weight is 190 g/mol. The molecule has 0 aromatic heterocycles. The lowest BCUT2D eigenvalue weighted by molar-refractivity contribution is 0.0503. The number of fused-ring (bicyclic) bond motifs is 1. The molecule has 0 N–H and O–H groups in total. The standard InChI is InChI=1S/C12H14O2/c1-2-6-10(7-3-1)13-12-9-5-4-8-11(12)14-12/h1-3,6-7,11H,4-5,8-9H2. The molecule has 0 radical (unpaired) electrons. The van der Waals surface area contributed by atoms with Gasteiger partial charge in [-0.05, 0) is 25.0 Å². The van der Waals surface area contributed by atoms with Crippen molar-refractivity contribution >= 4 is 0 Å². The van der Waals surface area contributed by atoms with E-state index >= 15 is 0 Å². The summed E-state index contributed by atoms with van der Waals surface area (Å²) < 4.78 is 11.5. The third kappa shape index (κ3) is 1.30. The van der Waals surface area contributed by atoms with Crippen LogP contribution in [0.4, 0.5) is 0 Å². The lowest BCUT2D eigenvalue weighted by Crippen LogP contribution is -2.26. The van der Waals surface area contributed by atoms with Crippen LogP contribution in [-0.4, -0.2) is 11.9 Å². The fourth-order valence-corrected chi connectivity index (χ4v) is 2.24. The van der Waals surface area contributed by atoms with Crippen LogP contribution in [0.15, 0.2) is 30.3 Å². The van der Waals surface area contributed by atoms with Gasteiger partial charge in [0, 0.05) is 6.42 Å². The number of ether oxygens (including phenoxy) is 2. The van der Waals surface area contributed by atoms with Crippen molar-refractivity contribution in [2.75, 3.05) is 0 Å². The van der Waals surface area contributed by atoms with Gasteiger partial charge in [0.2, 0.25) is 5.79 Å². The van der Waals surface area contributed by atoms with Gasteiger partial charge in [-0.1, -0.05) is 24.6 Å². The van der Waals surface area contributed by atoms with Gasteiger partial charge in [-0.25, -0.2) is 0 Å². The second-order valence-corrected chi connectivity index (χ2v) is 4.08. The van der Waals surface area contributed by atoms with E-state index in [2.05, 4.69) is 0 Å². The maximum absolute atomic E-state index is 5.89. The number of para-hydroxylation sites is 1. The summed E-state index contributed by atoms with van der Waals surface area (Å²) in [6.07, 6.45) is 5.07. The van der Waals surface area contributed by atoms with Gasteiger partial charge in [-0.3, -0.25) is 0 Å². The van der Waals surface area contributed by atoms with Crippen molar-refractivity contribution in [2.45, 2.75) is 37.6 Å². The van der Waals surface area contributed by atoms with E-state index in [0.29, 0.717) is 6.10 Å². The molecule has 0 spiro atoms. The van der Waals surface area contributed by atoms with E-state index < -0.39 is 0 Å². The van der Waals surface area contributed by atoms with E-state index in [1.807, 2.05) is 30.3 Å². The van der Waals surface area contributed by atoms with Crippen LogP contribution >= 0.6 is 0 Å². The Balaban J connectivity index is 1.74. The highest BCUT2D eigenvalue weighted by Gasteiger charge is 2.60. The van der Waals surface area contributed by atoms with Crippen molar-refractivity contribution in [1.82, 2.24) is 0 Å². The molecule has 0 amide bonds. The van der Waals surface area contributed by atoms with Gasteiger partial charge >= 0.3 is 0 Å². The van der Waals surface area contributed by atoms with Crippen molar-refractivity contribution in [1.29, 1.82) is 0 Å². The molecule has 2 heteroatoms. The summed E-state index contributed by atoms with van der Waals surface area (Å²) in [7, 11) is 0. The minimum atomic E-state index is -0.250. The van der Waals surface area contributed by atoms with Crippen LogP contribution in [0.5, 0.6) is 5.75 Å². The van der Waals surface area contributed by atoms with E-state index in [1.165, 1.54) is 12.8 Å². The van der Waals surface area contributed by atoms with Crippen LogP contribution in [-0.2, 0) is 4.74 Å². The zero-order chi connectivity index (χ0) is 9.43. The molecule has 1 aromatic rings. The van der Waals surface area contributed by atoms with E-state index in [1.54, 1.807) is 0 Å². The predicted molar refractivity (Wildman–Crippen MR) is 53.1 cm³/mol. The fraction of sp³-hybridized carbons (Fsp3) is 0.500. The molecule has 74 valence electrons. The number of hydrogen-bond donors (Lipinski definition) is 0. The van der Waals surface area contributed by atoms with Gasteiger partial charge in [-0.2, -0.15) is 0 Å². The van der Waals surface area contributed by atoms with E-state index in [4.69, 9.17) is 9.47 Å². The van der Waals surface area contributed by atoms with Gasteiger partial charge < -0.3 is 9.47 Å². The summed E-state index contributed by atoms with van der Waals surface area (Å²) in [4.78, 5) is 0. The Labute approximate surface area is 83.8 Å². The Bertz CT molecular complexity index is 322. The molecule has 3 rings (SSSR count). The highest BCUT2D eigenvalue weighted by molar-refractivity contribution is 5.23. The summed E-state index contributed by atoms with van der Waals surface area (Å²) in [5.74, 6) is 0.677. The Morgan fingerprint density at radius 1 is 1.21 bits per heavy atom. The molecular formula is C12H14O2. The summed E-state index contributed by atoms with van der Waals surface area (Å²) >= 11 is 0. The van der Waals surface area contributed by atoms with Crippen molar-refractivity contribution in [2.24, 2.45) is 0 Å². The van der Waals surface area contributed by atoms with Crippen molar-refractivity contribution < 1.29 is 9.47 Å². The fourth-order valence-electron chi connectivity index (χ4n) is 2.24. The van der Waals surface area contributed by atoms with E-state index in [9.17, 15) is 0 Å². The van der Waals surface area contributed by atoms with Gasteiger partial charge in [0.05, 0.1) is 0 Å². The summed E-state index contributed by atoms with van der Waals surface area (Å²) in [5.41, 5.74) is 0. The molecule has 2 nitrogen and oxygen atoms in total. The molecule has 2 fully saturated rings. The molecule has 1 saturated heterocycles. The summed E-state index contributed by atoms with van der Waals surface area (Å²) in [5, 5.41) is 0. The molecule has 2 aliphatic rings. The largest absolute Gasteiger partial charge is 0.460 e. The topological polar surface area (TPSA) is 21.8 Å². The van der Waals surface area contributed by atoms with Gasteiger partial charge in [0.25, 0.3) is 0 Å². The lowest BCUT2D eigenvalue weighted by Gasteiger charge is -2.18.